The smallest absolute Gasteiger partial charge is 0.227 e. The largest absolute Gasteiger partial charge is 0.495 e. The minimum atomic E-state index is 0.435. The molecule has 0 saturated heterocycles. The van der Waals surface area contributed by atoms with E-state index in [9.17, 15) is 5.26 Å². The summed E-state index contributed by atoms with van der Waals surface area (Å²) in [5, 5.41) is 15.9. The van der Waals surface area contributed by atoms with Crippen molar-refractivity contribution >= 4 is 17.3 Å². The predicted octanol–water partition coefficient (Wildman–Crippen LogP) is 4.68. The zero-order chi connectivity index (χ0) is 25.6. The first-order valence-corrected chi connectivity index (χ1v) is 11.7. The van der Waals surface area contributed by atoms with Gasteiger partial charge < -0.3 is 20.1 Å². The molecule has 0 aliphatic rings. The number of methoxy groups -OCH3 is 1. The minimum Gasteiger partial charge on any atom is -0.495 e. The van der Waals surface area contributed by atoms with E-state index in [2.05, 4.69) is 21.7 Å². The Hall–Kier alpha value is -4.94. The molecule has 0 aliphatic heterocycles. The lowest BCUT2D eigenvalue weighted by Gasteiger charge is -2.10. The average molecular weight is 492 g/mol. The first-order valence-electron chi connectivity index (χ1n) is 11.7. The molecule has 0 radical (unpaired) electrons. The van der Waals surface area contributed by atoms with E-state index in [1.54, 1.807) is 25.4 Å². The van der Waals surface area contributed by atoms with Crippen molar-refractivity contribution in [1.82, 2.24) is 24.7 Å². The van der Waals surface area contributed by atoms with E-state index in [4.69, 9.17) is 19.4 Å². The number of hydrogen-bond donors (Lipinski definition) is 2. The van der Waals surface area contributed by atoms with Gasteiger partial charge in [0.05, 0.1) is 29.8 Å². The van der Waals surface area contributed by atoms with Crippen LogP contribution in [0.2, 0.25) is 0 Å². The number of fused-ring (bicyclic) bond motifs is 1. The van der Waals surface area contributed by atoms with Crippen LogP contribution < -0.4 is 20.1 Å². The first kappa shape index (κ1) is 23.8. The maximum Gasteiger partial charge on any atom is 0.227 e. The van der Waals surface area contributed by atoms with Crippen molar-refractivity contribution in [1.29, 1.82) is 5.26 Å². The van der Waals surface area contributed by atoms with E-state index in [0.29, 0.717) is 35.3 Å². The molecule has 37 heavy (non-hydrogen) atoms. The normalized spacial score (nSPS) is 10.7. The number of hydrogen-bond acceptors (Lipinski definition) is 8. The zero-order valence-corrected chi connectivity index (χ0v) is 20.5. The van der Waals surface area contributed by atoms with Crippen LogP contribution in [0.1, 0.15) is 5.56 Å². The fourth-order valence-corrected chi connectivity index (χ4v) is 4.00. The quantitative estimate of drug-likeness (QED) is 0.286. The molecule has 0 saturated carbocycles. The van der Waals surface area contributed by atoms with Gasteiger partial charge in [0, 0.05) is 36.3 Å². The molecular weight excluding hydrogens is 466 g/mol. The first-order chi connectivity index (χ1) is 18.2. The molecule has 9 nitrogen and oxygen atoms in total. The summed E-state index contributed by atoms with van der Waals surface area (Å²) >= 11 is 0. The van der Waals surface area contributed by atoms with Crippen LogP contribution in [-0.2, 0) is 0 Å². The maximum atomic E-state index is 9.61. The van der Waals surface area contributed by atoms with Crippen molar-refractivity contribution in [2.24, 2.45) is 0 Å². The lowest BCUT2D eigenvalue weighted by Crippen LogP contribution is -2.15. The highest BCUT2D eigenvalue weighted by molar-refractivity contribution is 5.81. The van der Waals surface area contributed by atoms with E-state index in [0.717, 1.165) is 34.9 Å². The molecule has 0 amide bonds. The molecule has 0 spiro atoms. The van der Waals surface area contributed by atoms with E-state index >= 15 is 0 Å². The standard InChI is InChI=1S/C28H25N7O2/c1-30-13-15-37-22-7-5-6-21(17-22)32-28-31-12-11-23(33-28)27-26(34-25-8-3-4-14-35(25)27)19-9-10-24(36-2)20(16-19)18-29/h3-12,14,16-17,30H,13,15H2,1-2H3,(H,31,32,33). The summed E-state index contributed by atoms with van der Waals surface area (Å²) in [6.07, 6.45) is 3.65. The van der Waals surface area contributed by atoms with Crippen molar-refractivity contribution in [3.8, 4) is 40.2 Å². The summed E-state index contributed by atoms with van der Waals surface area (Å²) in [5.74, 6) is 1.71. The van der Waals surface area contributed by atoms with Gasteiger partial charge in [0.2, 0.25) is 5.95 Å². The highest BCUT2D eigenvalue weighted by atomic mass is 16.5. The van der Waals surface area contributed by atoms with Gasteiger partial charge in [-0.25, -0.2) is 15.0 Å². The number of aromatic nitrogens is 4. The van der Waals surface area contributed by atoms with E-state index in [-0.39, 0.29) is 0 Å². The maximum absolute atomic E-state index is 9.61. The summed E-state index contributed by atoms with van der Waals surface area (Å²) < 4.78 is 13.1. The van der Waals surface area contributed by atoms with E-state index in [1.807, 2.05) is 72.2 Å². The molecular formula is C28H25N7O2. The van der Waals surface area contributed by atoms with Crippen molar-refractivity contribution in [3.63, 3.8) is 0 Å². The second-order valence-electron chi connectivity index (χ2n) is 8.14. The molecule has 0 unspecified atom stereocenters. The average Bonchev–Trinajstić information content (AvgIpc) is 3.33. The molecule has 2 N–H and O–H groups in total. The Labute approximate surface area is 214 Å². The number of rotatable bonds is 9. The fourth-order valence-electron chi connectivity index (χ4n) is 4.00. The summed E-state index contributed by atoms with van der Waals surface area (Å²) in [7, 11) is 3.43. The second kappa shape index (κ2) is 10.8. The Morgan fingerprint density at radius 2 is 1.95 bits per heavy atom. The highest BCUT2D eigenvalue weighted by Gasteiger charge is 2.19. The van der Waals surface area contributed by atoms with Crippen LogP contribution in [0.15, 0.2) is 79.1 Å². The number of nitriles is 1. The molecule has 3 aromatic heterocycles. The Kier molecular flexibility index (Phi) is 6.92. The molecule has 0 aliphatic carbocycles. The Balaban J connectivity index is 1.53. The SMILES string of the molecule is CNCCOc1cccc(Nc2nccc(-c3c(-c4ccc(OC)c(C#N)c4)nc4ccccn34)n2)c1. The molecule has 5 rings (SSSR count). The molecule has 3 heterocycles. The number of nitrogens with one attached hydrogen (secondary N) is 2. The van der Waals surface area contributed by atoms with Gasteiger partial charge >= 0.3 is 0 Å². The summed E-state index contributed by atoms with van der Waals surface area (Å²) in [5.41, 5.74) is 4.98. The minimum absolute atomic E-state index is 0.435. The van der Waals surface area contributed by atoms with Crippen molar-refractivity contribution in [3.05, 3.63) is 84.7 Å². The van der Waals surface area contributed by atoms with Gasteiger partial charge in [0.25, 0.3) is 0 Å². The molecule has 0 atom stereocenters. The molecule has 184 valence electrons. The van der Waals surface area contributed by atoms with E-state index < -0.39 is 0 Å². The molecule has 0 fully saturated rings. The third kappa shape index (κ3) is 5.05. The zero-order valence-electron chi connectivity index (χ0n) is 20.5. The Bertz CT molecular complexity index is 1590. The topological polar surface area (TPSA) is 109 Å². The van der Waals surface area contributed by atoms with Gasteiger partial charge in [0.15, 0.2) is 0 Å². The van der Waals surface area contributed by atoms with Crippen molar-refractivity contribution in [2.75, 3.05) is 32.6 Å². The molecule has 0 bridgehead atoms. The number of likely N-dealkylation sites (N-methyl/N-ethyl adjacent to an activating group) is 1. The fraction of sp³-hybridized carbons (Fsp3) is 0.143. The van der Waals surface area contributed by atoms with Gasteiger partial charge in [-0.3, -0.25) is 4.40 Å². The van der Waals surface area contributed by atoms with Crippen molar-refractivity contribution < 1.29 is 9.47 Å². The Morgan fingerprint density at radius 3 is 2.78 bits per heavy atom. The van der Waals surface area contributed by atoms with E-state index in [1.165, 1.54) is 0 Å². The van der Waals surface area contributed by atoms with Crippen LogP contribution in [0, 0.1) is 11.3 Å². The van der Waals surface area contributed by atoms with Gasteiger partial charge in [-0.05, 0) is 55.6 Å². The lowest BCUT2D eigenvalue weighted by molar-refractivity contribution is 0.318. The van der Waals surface area contributed by atoms with Crippen LogP contribution in [-0.4, -0.2) is 46.7 Å². The molecule has 2 aromatic carbocycles. The molecule has 9 heteroatoms. The lowest BCUT2D eigenvalue weighted by atomic mass is 10.0. The monoisotopic (exact) mass is 491 g/mol. The van der Waals surface area contributed by atoms with Gasteiger partial charge in [-0.2, -0.15) is 5.26 Å². The third-order valence-electron chi connectivity index (χ3n) is 5.73. The number of imidazole rings is 1. The van der Waals surface area contributed by atoms with Gasteiger partial charge in [-0.1, -0.05) is 12.1 Å². The highest BCUT2D eigenvalue weighted by Crippen LogP contribution is 2.34. The van der Waals surface area contributed by atoms with Crippen LogP contribution >= 0.6 is 0 Å². The number of pyridine rings is 1. The summed E-state index contributed by atoms with van der Waals surface area (Å²) in [4.78, 5) is 14.1. The number of nitrogens with zero attached hydrogens (tertiary/aromatic N) is 5. The summed E-state index contributed by atoms with van der Waals surface area (Å²) in [6, 6.07) is 23.0. The van der Waals surface area contributed by atoms with Crippen LogP contribution in [0.5, 0.6) is 11.5 Å². The second-order valence-corrected chi connectivity index (χ2v) is 8.14. The predicted molar refractivity (Wildman–Crippen MR) is 142 cm³/mol. The van der Waals surface area contributed by atoms with Gasteiger partial charge in [0.1, 0.15) is 29.8 Å². The third-order valence-corrected chi connectivity index (χ3v) is 5.73. The van der Waals surface area contributed by atoms with Gasteiger partial charge in [-0.15, -0.1) is 0 Å². The Morgan fingerprint density at radius 1 is 1.03 bits per heavy atom. The number of anilines is 2. The van der Waals surface area contributed by atoms with Crippen LogP contribution in [0.4, 0.5) is 11.6 Å². The number of benzene rings is 2. The summed E-state index contributed by atoms with van der Waals surface area (Å²) in [6.45, 7) is 1.33. The number of ether oxygens (including phenoxy) is 2. The van der Waals surface area contributed by atoms with Crippen molar-refractivity contribution in [2.45, 2.75) is 0 Å². The van der Waals surface area contributed by atoms with Crippen LogP contribution in [0.25, 0.3) is 28.3 Å². The molecule has 5 aromatic rings. The van der Waals surface area contributed by atoms with Crippen LogP contribution in [0.3, 0.4) is 0 Å².